The fraction of sp³-hybridized carbons (Fsp3) is 0. The van der Waals surface area contributed by atoms with Crippen LogP contribution in [0.5, 0.6) is 0 Å². The van der Waals surface area contributed by atoms with Gasteiger partial charge in [0.15, 0.2) is 0 Å². The van der Waals surface area contributed by atoms with Crippen molar-refractivity contribution in [3.05, 3.63) is 29.8 Å². The van der Waals surface area contributed by atoms with E-state index in [4.69, 9.17) is 5.21 Å². The molecular weight excluding hydrogens is 141 g/mol. The third-order valence-electron chi connectivity index (χ3n) is 1.49. The number of hydrogen-bond acceptors (Lipinski definition) is 2. The summed E-state index contributed by atoms with van der Waals surface area (Å²) < 4.78 is 0. The lowest BCUT2D eigenvalue weighted by molar-refractivity contribution is 0.0707. The molecule has 0 aliphatic rings. The molecule has 11 heavy (non-hydrogen) atoms. The molecule has 1 aromatic rings. The van der Waals surface area contributed by atoms with Crippen molar-refractivity contribution in [1.82, 2.24) is 5.48 Å². The molecule has 0 aliphatic heterocycles. The molecule has 2 N–H and O–H groups in total. The minimum atomic E-state index is -0.469. The summed E-state index contributed by atoms with van der Waals surface area (Å²) in [6.45, 7) is 0. The highest BCUT2D eigenvalue weighted by molar-refractivity contribution is 6.36. The molecule has 0 bridgehead atoms. The van der Waals surface area contributed by atoms with Gasteiger partial charge >= 0.3 is 0 Å². The Morgan fingerprint density at radius 2 is 2.09 bits per heavy atom. The Hall–Kier alpha value is -1.29. The quantitative estimate of drug-likeness (QED) is 0.307. The van der Waals surface area contributed by atoms with Crippen LogP contribution in [0.2, 0.25) is 0 Å². The molecule has 1 rings (SSSR count). The predicted octanol–water partition coefficient (Wildman–Crippen LogP) is -0.936. The van der Waals surface area contributed by atoms with E-state index in [2.05, 4.69) is 0 Å². The summed E-state index contributed by atoms with van der Waals surface area (Å²) in [6.07, 6.45) is 0. The minimum Gasteiger partial charge on any atom is -0.288 e. The van der Waals surface area contributed by atoms with Crippen molar-refractivity contribution in [2.75, 3.05) is 0 Å². The lowest BCUT2D eigenvalue weighted by Gasteiger charge is -2.01. The van der Waals surface area contributed by atoms with Gasteiger partial charge in [-0.3, -0.25) is 10.0 Å². The smallest absolute Gasteiger partial charge is 0.274 e. The van der Waals surface area contributed by atoms with Gasteiger partial charge in [0.1, 0.15) is 7.85 Å². The number of benzene rings is 1. The summed E-state index contributed by atoms with van der Waals surface area (Å²) in [7, 11) is 1.81. The van der Waals surface area contributed by atoms with Crippen LogP contribution in [0.1, 0.15) is 10.4 Å². The van der Waals surface area contributed by atoms with Crippen LogP contribution in [0.4, 0.5) is 0 Å². The summed E-state index contributed by atoms with van der Waals surface area (Å²) in [5.41, 5.74) is 2.92. The molecule has 4 heteroatoms. The average molecular weight is 149 g/mol. The van der Waals surface area contributed by atoms with E-state index < -0.39 is 5.91 Å². The third-order valence-corrected chi connectivity index (χ3v) is 1.49. The van der Waals surface area contributed by atoms with Crippen LogP contribution in [-0.4, -0.2) is 19.0 Å². The SMILES string of the molecule is Bc1ccccc1C(=O)NO. The van der Waals surface area contributed by atoms with Gasteiger partial charge in [-0.25, -0.2) is 5.48 Å². The summed E-state index contributed by atoms with van der Waals surface area (Å²) in [6, 6.07) is 7.05. The van der Waals surface area contributed by atoms with Crippen LogP contribution in [0.3, 0.4) is 0 Å². The highest BCUT2D eigenvalue weighted by atomic mass is 16.5. The Balaban J connectivity index is 3.03. The van der Waals surface area contributed by atoms with Crippen LogP contribution < -0.4 is 10.9 Å². The second-order valence-electron chi connectivity index (χ2n) is 2.26. The Morgan fingerprint density at radius 1 is 1.45 bits per heavy atom. The van der Waals surface area contributed by atoms with Crippen molar-refractivity contribution < 1.29 is 10.0 Å². The van der Waals surface area contributed by atoms with Crippen LogP contribution >= 0.6 is 0 Å². The van der Waals surface area contributed by atoms with Gasteiger partial charge in [-0.2, -0.15) is 0 Å². The molecule has 0 saturated heterocycles. The molecule has 0 atom stereocenters. The molecular formula is C7H8BNO2. The molecule has 0 spiro atoms. The fourth-order valence-corrected chi connectivity index (χ4v) is 0.888. The van der Waals surface area contributed by atoms with E-state index in [0.717, 1.165) is 5.46 Å². The Bertz CT molecular complexity index is 275. The molecule has 0 unspecified atom stereocenters. The second-order valence-corrected chi connectivity index (χ2v) is 2.26. The van der Waals surface area contributed by atoms with Crippen molar-refractivity contribution >= 4 is 19.2 Å². The molecule has 1 aromatic carbocycles. The number of nitrogens with one attached hydrogen (secondary N) is 1. The van der Waals surface area contributed by atoms with Gasteiger partial charge in [0.2, 0.25) is 0 Å². The zero-order valence-electron chi connectivity index (χ0n) is 6.16. The zero-order valence-corrected chi connectivity index (χ0v) is 6.16. The van der Waals surface area contributed by atoms with Crippen LogP contribution in [-0.2, 0) is 0 Å². The van der Waals surface area contributed by atoms with Crippen molar-refractivity contribution in [3.8, 4) is 0 Å². The summed E-state index contributed by atoms with van der Waals surface area (Å²) in [5, 5.41) is 8.31. The average Bonchev–Trinajstić information content (AvgIpc) is 2.04. The van der Waals surface area contributed by atoms with Crippen molar-refractivity contribution in [1.29, 1.82) is 0 Å². The van der Waals surface area contributed by atoms with Gasteiger partial charge in [-0.05, 0) is 6.07 Å². The fourth-order valence-electron chi connectivity index (χ4n) is 0.888. The normalized spacial score (nSPS) is 9.18. The number of hydroxylamine groups is 1. The molecule has 0 radical (unpaired) electrons. The van der Waals surface area contributed by atoms with Gasteiger partial charge in [-0.1, -0.05) is 23.7 Å². The van der Waals surface area contributed by atoms with Crippen molar-refractivity contribution in [2.24, 2.45) is 0 Å². The number of carbonyl (C=O) groups is 1. The van der Waals surface area contributed by atoms with Gasteiger partial charge < -0.3 is 0 Å². The van der Waals surface area contributed by atoms with Gasteiger partial charge in [0.25, 0.3) is 5.91 Å². The Labute approximate surface area is 65.4 Å². The highest BCUT2D eigenvalue weighted by Crippen LogP contribution is 1.92. The van der Waals surface area contributed by atoms with Crippen molar-refractivity contribution in [2.45, 2.75) is 0 Å². The second kappa shape index (κ2) is 3.21. The van der Waals surface area contributed by atoms with E-state index in [0.29, 0.717) is 5.56 Å². The van der Waals surface area contributed by atoms with Crippen LogP contribution in [0.15, 0.2) is 24.3 Å². The molecule has 3 nitrogen and oxygen atoms in total. The molecule has 0 aliphatic carbocycles. The van der Waals surface area contributed by atoms with E-state index in [-0.39, 0.29) is 0 Å². The summed E-state index contributed by atoms with van der Waals surface area (Å²) >= 11 is 0. The number of rotatable bonds is 1. The largest absolute Gasteiger partial charge is 0.288 e. The minimum absolute atomic E-state index is 0.469. The highest BCUT2D eigenvalue weighted by Gasteiger charge is 2.04. The number of amides is 1. The first-order valence-electron chi connectivity index (χ1n) is 3.26. The molecule has 1 amide bonds. The van der Waals surface area contributed by atoms with Crippen LogP contribution in [0.25, 0.3) is 0 Å². The molecule has 56 valence electrons. The van der Waals surface area contributed by atoms with Crippen LogP contribution in [0, 0.1) is 0 Å². The maximum absolute atomic E-state index is 10.9. The van der Waals surface area contributed by atoms with Gasteiger partial charge in [0.05, 0.1) is 0 Å². The maximum Gasteiger partial charge on any atom is 0.274 e. The van der Waals surface area contributed by atoms with E-state index in [9.17, 15) is 4.79 Å². The molecule has 0 fully saturated rings. The first-order chi connectivity index (χ1) is 5.25. The van der Waals surface area contributed by atoms with Crippen molar-refractivity contribution in [3.63, 3.8) is 0 Å². The maximum atomic E-state index is 10.9. The van der Waals surface area contributed by atoms with E-state index in [1.807, 2.05) is 20.0 Å². The van der Waals surface area contributed by atoms with E-state index in [1.54, 1.807) is 17.6 Å². The Morgan fingerprint density at radius 3 is 2.64 bits per heavy atom. The zero-order chi connectivity index (χ0) is 8.27. The summed E-state index contributed by atoms with van der Waals surface area (Å²) in [5.74, 6) is -0.469. The van der Waals surface area contributed by atoms with E-state index in [1.165, 1.54) is 0 Å². The molecule has 0 saturated carbocycles. The lowest BCUT2D eigenvalue weighted by Crippen LogP contribution is -2.25. The molecule has 0 heterocycles. The number of carbonyl (C=O) groups excluding carboxylic acids is 1. The first-order valence-corrected chi connectivity index (χ1v) is 3.26. The van der Waals surface area contributed by atoms with E-state index >= 15 is 0 Å². The number of hydrogen-bond donors (Lipinski definition) is 2. The predicted molar refractivity (Wildman–Crippen MR) is 43.9 cm³/mol. The topological polar surface area (TPSA) is 49.3 Å². The Kier molecular flexibility index (Phi) is 2.28. The van der Waals surface area contributed by atoms with Gasteiger partial charge in [-0.15, -0.1) is 0 Å². The lowest BCUT2D eigenvalue weighted by atomic mass is 9.90. The summed E-state index contributed by atoms with van der Waals surface area (Å²) in [4.78, 5) is 10.9. The standard InChI is InChI=1S/C7H8BNO2/c8-6-4-2-1-3-5(6)7(10)9-11/h1-4,11H,8H2,(H,9,10). The third kappa shape index (κ3) is 1.59. The van der Waals surface area contributed by atoms with Gasteiger partial charge in [0, 0.05) is 5.56 Å². The first kappa shape index (κ1) is 7.82. The monoisotopic (exact) mass is 149 g/mol. The molecule has 0 aromatic heterocycles.